The van der Waals surface area contributed by atoms with Gasteiger partial charge in [-0.3, -0.25) is 0 Å². The molecule has 0 saturated carbocycles. The average molecular weight is 441 g/mol. The molecule has 118 valence electrons. The van der Waals surface area contributed by atoms with Crippen LogP contribution < -0.4 is 10.5 Å². The van der Waals surface area contributed by atoms with Gasteiger partial charge in [-0.15, -0.1) is 0 Å². The molecule has 0 aromatic heterocycles. The van der Waals surface area contributed by atoms with Crippen LogP contribution in [0.1, 0.15) is 19.3 Å². The Morgan fingerprint density at radius 1 is 1.14 bits per heavy atom. The summed E-state index contributed by atoms with van der Waals surface area (Å²) in [6, 6.07) is 3.17. The van der Waals surface area contributed by atoms with Crippen molar-refractivity contribution < 1.29 is 8.42 Å². The average Bonchev–Trinajstić information content (AvgIpc) is 2.38. The summed E-state index contributed by atoms with van der Waals surface area (Å²) in [6.07, 6.45) is 3.66. The Kier molecular flexibility index (Phi) is 6.07. The quantitative estimate of drug-likeness (QED) is 0.690. The standard InChI is InChI=1S/C13H19Br2N3O2S/c14-11-8-10(16)9-12(15)13(11)21(19,20)17-4-7-18-5-2-1-3-6-18/h8-9,17H,1-7,16H2. The van der Waals surface area contributed by atoms with Crippen molar-refractivity contribution >= 4 is 47.6 Å². The minimum Gasteiger partial charge on any atom is -0.399 e. The van der Waals surface area contributed by atoms with E-state index in [1.807, 2.05) is 0 Å². The number of rotatable bonds is 5. The number of nitrogens with one attached hydrogen (secondary N) is 1. The summed E-state index contributed by atoms with van der Waals surface area (Å²) in [6.45, 7) is 3.25. The third-order valence-electron chi connectivity index (χ3n) is 3.46. The highest BCUT2D eigenvalue weighted by Crippen LogP contribution is 2.32. The molecular formula is C13H19Br2N3O2S. The molecule has 5 nitrogen and oxygen atoms in total. The van der Waals surface area contributed by atoms with E-state index in [1.165, 1.54) is 19.3 Å². The molecule has 1 aromatic carbocycles. The monoisotopic (exact) mass is 439 g/mol. The van der Waals surface area contributed by atoms with E-state index in [1.54, 1.807) is 12.1 Å². The Hall–Kier alpha value is -0.150. The van der Waals surface area contributed by atoms with Crippen molar-refractivity contribution in [2.75, 3.05) is 31.9 Å². The van der Waals surface area contributed by atoms with E-state index >= 15 is 0 Å². The molecule has 1 saturated heterocycles. The Morgan fingerprint density at radius 3 is 2.29 bits per heavy atom. The van der Waals surface area contributed by atoms with E-state index in [0.717, 1.165) is 19.6 Å². The molecular weight excluding hydrogens is 422 g/mol. The van der Waals surface area contributed by atoms with E-state index < -0.39 is 10.0 Å². The maximum absolute atomic E-state index is 12.4. The zero-order chi connectivity index (χ0) is 15.5. The van der Waals surface area contributed by atoms with Crippen LogP contribution in [0.15, 0.2) is 26.0 Å². The summed E-state index contributed by atoms with van der Waals surface area (Å²) in [4.78, 5) is 2.48. The second-order valence-corrected chi connectivity index (χ2v) is 8.53. The second-order valence-electron chi connectivity index (χ2n) is 5.11. The number of benzene rings is 1. The first-order valence-corrected chi connectivity index (χ1v) is 9.93. The Labute approximate surface area is 142 Å². The highest BCUT2D eigenvalue weighted by atomic mass is 79.9. The molecule has 1 aliphatic rings. The van der Waals surface area contributed by atoms with Gasteiger partial charge in [0.15, 0.2) is 0 Å². The van der Waals surface area contributed by atoms with Crippen molar-refractivity contribution in [1.29, 1.82) is 0 Å². The van der Waals surface area contributed by atoms with E-state index in [0.29, 0.717) is 21.2 Å². The number of anilines is 1. The van der Waals surface area contributed by atoms with Gasteiger partial charge in [0.2, 0.25) is 10.0 Å². The summed E-state index contributed by atoms with van der Waals surface area (Å²) in [5, 5.41) is 0. The molecule has 2 rings (SSSR count). The third kappa shape index (κ3) is 4.66. The normalized spacial score (nSPS) is 17.0. The molecule has 1 heterocycles. The smallest absolute Gasteiger partial charge is 0.242 e. The van der Waals surface area contributed by atoms with E-state index in [9.17, 15) is 8.42 Å². The van der Waals surface area contributed by atoms with Crippen LogP contribution >= 0.6 is 31.9 Å². The van der Waals surface area contributed by atoms with Crippen LogP contribution in [0.2, 0.25) is 0 Å². The number of likely N-dealkylation sites (tertiary alicyclic amines) is 1. The molecule has 0 atom stereocenters. The number of hydrogen-bond acceptors (Lipinski definition) is 4. The van der Waals surface area contributed by atoms with Gasteiger partial charge in [-0.2, -0.15) is 0 Å². The highest BCUT2D eigenvalue weighted by molar-refractivity contribution is 9.11. The molecule has 8 heteroatoms. The number of sulfonamides is 1. The number of halogens is 2. The summed E-state index contributed by atoms with van der Waals surface area (Å²) < 4.78 is 28.4. The van der Waals surface area contributed by atoms with Gasteiger partial charge >= 0.3 is 0 Å². The largest absolute Gasteiger partial charge is 0.399 e. The van der Waals surface area contributed by atoms with Crippen molar-refractivity contribution in [3.63, 3.8) is 0 Å². The Morgan fingerprint density at radius 2 is 1.71 bits per heavy atom. The summed E-state index contributed by atoms with van der Waals surface area (Å²) >= 11 is 6.53. The topological polar surface area (TPSA) is 75.4 Å². The van der Waals surface area contributed by atoms with E-state index in [-0.39, 0.29) is 4.90 Å². The van der Waals surface area contributed by atoms with Gasteiger partial charge in [-0.1, -0.05) is 6.42 Å². The van der Waals surface area contributed by atoms with E-state index in [4.69, 9.17) is 5.73 Å². The molecule has 1 aromatic rings. The number of nitrogens with two attached hydrogens (primary N) is 1. The maximum atomic E-state index is 12.4. The number of nitrogen functional groups attached to an aromatic ring is 1. The van der Waals surface area contributed by atoms with Gasteiger partial charge in [0.25, 0.3) is 0 Å². The van der Waals surface area contributed by atoms with Crippen LogP contribution in [0.3, 0.4) is 0 Å². The fourth-order valence-corrected chi connectivity index (χ4v) is 6.07. The molecule has 0 spiro atoms. The van der Waals surface area contributed by atoms with Crippen LogP contribution in [0.25, 0.3) is 0 Å². The van der Waals surface area contributed by atoms with Gasteiger partial charge < -0.3 is 10.6 Å². The van der Waals surface area contributed by atoms with Crippen LogP contribution in [0.5, 0.6) is 0 Å². The summed E-state index contributed by atoms with van der Waals surface area (Å²) in [7, 11) is -3.57. The van der Waals surface area contributed by atoms with Crippen LogP contribution in [-0.2, 0) is 10.0 Å². The maximum Gasteiger partial charge on any atom is 0.242 e. The first kappa shape index (κ1) is 17.2. The lowest BCUT2D eigenvalue weighted by atomic mass is 10.1. The van der Waals surface area contributed by atoms with Crippen LogP contribution in [0.4, 0.5) is 5.69 Å². The molecule has 0 unspecified atom stereocenters. The van der Waals surface area contributed by atoms with Gasteiger partial charge in [-0.05, 0) is 69.9 Å². The Balaban J connectivity index is 2.01. The number of hydrogen-bond donors (Lipinski definition) is 2. The van der Waals surface area contributed by atoms with Crippen LogP contribution in [0, 0.1) is 0 Å². The molecule has 0 bridgehead atoms. The zero-order valence-electron chi connectivity index (χ0n) is 11.6. The van der Waals surface area contributed by atoms with E-state index in [2.05, 4.69) is 41.5 Å². The molecule has 1 fully saturated rings. The lowest BCUT2D eigenvalue weighted by molar-refractivity contribution is 0.233. The van der Waals surface area contributed by atoms with Crippen LogP contribution in [-0.4, -0.2) is 39.5 Å². The fourth-order valence-electron chi connectivity index (χ4n) is 2.43. The number of piperidine rings is 1. The van der Waals surface area contributed by atoms with Gasteiger partial charge in [0.1, 0.15) is 4.90 Å². The van der Waals surface area contributed by atoms with Crippen molar-refractivity contribution in [3.05, 3.63) is 21.1 Å². The van der Waals surface area contributed by atoms with Crippen molar-refractivity contribution in [1.82, 2.24) is 9.62 Å². The minimum atomic E-state index is -3.57. The molecule has 0 aliphatic carbocycles. The van der Waals surface area contributed by atoms with Crippen molar-refractivity contribution in [2.24, 2.45) is 0 Å². The zero-order valence-corrected chi connectivity index (χ0v) is 15.6. The molecule has 3 N–H and O–H groups in total. The lowest BCUT2D eigenvalue weighted by Crippen LogP contribution is -2.37. The predicted octanol–water partition coefficient (Wildman–Crippen LogP) is 2.56. The SMILES string of the molecule is Nc1cc(Br)c(S(=O)(=O)NCCN2CCCCC2)c(Br)c1. The van der Waals surface area contributed by atoms with Gasteiger partial charge in [0, 0.05) is 27.7 Å². The first-order valence-electron chi connectivity index (χ1n) is 6.87. The molecule has 1 aliphatic heterocycles. The van der Waals surface area contributed by atoms with Gasteiger partial charge in [0.05, 0.1) is 0 Å². The Bertz CT molecular complexity index is 578. The molecule has 0 radical (unpaired) electrons. The van der Waals surface area contributed by atoms with Crippen molar-refractivity contribution in [3.8, 4) is 0 Å². The fraction of sp³-hybridized carbons (Fsp3) is 0.538. The van der Waals surface area contributed by atoms with Crippen molar-refractivity contribution in [2.45, 2.75) is 24.2 Å². The number of nitrogens with zero attached hydrogens (tertiary/aromatic N) is 1. The summed E-state index contributed by atoms with van der Waals surface area (Å²) in [5.74, 6) is 0. The first-order chi connectivity index (χ1) is 9.90. The lowest BCUT2D eigenvalue weighted by Gasteiger charge is -2.26. The van der Waals surface area contributed by atoms with Gasteiger partial charge in [-0.25, -0.2) is 13.1 Å². The molecule has 21 heavy (non-hydrogen) atoms. The molecule has 0 amide bonds. The second kappa shape index (κ2) is 7.41. The minimum absolute atomic E-state index is 0.190. The predicted molar refractivity (Wildman–Crippen MR) is 91.7 cm³/mol. The highest BCUT2D eigenvalue weighted by Gasteiger charge is 2.21. The summed E-state index contributed by atoms with van der Waals surface area (Å²) in [5.41, 5.74) is 6.19. The third-order valence-corrected chi connectivity index (χ3v) is 6.80.